The number of amides is 1. The highest BCUT2D eigenvalue weighted by atomic mass is 79.9. The molecule has 0 fully saturated rings. The molecule has 0 unspecified atom stereocenters. The smallest absolute Gasteiger partial charge is 0.235 e. The maximum absolute atomic E-state index is 10.9. The van der Waals surface area contributed by atoms with Crippen molar-refractivity contribution in [3.63, 3.8) is 0 Å². The summed E-state index contributed by atoms with van der Waals surface area (Å²) >= 11 is 12.1. The lowest BCUT2D eigenvalue weighted by Crippen LogP contribution is -2.23. The van der Waals surface area contributed by atoms with Crippen LogP contribution in [0.2, 0.25) is 0 Å². The van der Waals surface area contributed by atoms with Gasteiger partial charge in [0.25, 0.3) is 0 Å². The van der Waals surface area contributed by atoms with Gasteiger partial charge >= 0.3 is 0 Å². The van der Waals surface area contributed by atoms with Gasteiger partial charge < -0.3 is 5.32 Å². The summed E-state index contributed by atoms with van der Waals surface area (Å²) in [5, 5.41) is 2.69. The first-order valence-electron chi connectivity index (χ1n) is 3.90. The molecule has 0 saturated heterocycles. The number of hydrogen-bond donors (Lipinski definition) is 1. The predicted molar refractivity (Wildman–Crippen MR) is 64.4 cm³/mol. The molecule has 0 bridgehead atoms. The van der Waals surface area contributed by atoms with Crippen LogP contribution in [0, 0.1) is 0 Å². The number of nitrogens with one attached hydrogen (secondary N) is 1. The van der Waals surface area contributed by atoms with E-state index in [4.69, 9.17) is 11.6 Å². The quantitative estimate of drug-likeness (QED) is 0.841. The molecule has 5 heteroatoms. The van der Waals surface area contributed by atoms with Crippen molar-refractivity contribution in [1.29, 1.82) is 0 Å². The Morgan fingerprint density at radius 2 is 2.07 bits per heavy atom. The number of rotatable bonds is 3. The van der Waals surface area contributed by atoms with Gasteiger partial charge in [0.05, 0.1) is 0 Å². The Bertz CT molecular complexity index is 344. The number of hydrogen-bond acceptors (Lipinski definition) is 1. The first-order chi connectivity index (χ1) is 6.63. The fraction of sp³-hybridized carbons (Fsp3) is 0.222. The second-order valence-corrected chi connectivity index (χ2v) is 4.63. The van der Waals surface area contributed by atoms with E-state index in [0.717, 1.165) is 14.5 Å². The number of carbonyl (C=O) groups is 1. The molecule has 76 valence electrons. The Morgan fingerprint density at radius 1 is 1.36 bits per heavy atom. The third-order valence-electron chi connectivity index (χ3n) is 1.60. The Labute approximate surface area is 104 Å². The van der Waals surface area contributed by atoms with Crippen LogP contribution < -0.4 is 5.32 Å². The zero-order chi connectivity index (χ0) is 10.6. The highest BCUT2D eigenvalue weighted by Gasteiger charge is 2.01. The van der Waals surface area contributed by atoms with Crippen LogP contribution in [-0.2, 0) is 11.3 Å². The summed E-state index contributed by atoms with van der Waals surface area (Å²) in [6.07, 6.45) is 0. The van der Waals surface area contributed by atoms with E-state index in [2.05, 4.69) is 37.2 Å². The van der Waals surface area contributed by atoms with Crippen LogP contribution >= 0.6 is 43.5 Å². The highest BCUT2D eigenvalue weighted by Crippen LogP contribution is 2.23. The van der Waals surface area contributed by atoms with E-state index in [1.54, 1.807) is 0 Å². The summed E-state index contributed by atoms with van der Waals surface area (Å²) in [5.41, 5.74) is 1.03. The normalized spacial score (nSPS) is 9.93. The lowest BCUT2D eigenvalue weighted by Gasteiger charge is -2.04. The Balaban J connectivity index is 2.60. The van der Waals surface area contributed by atoms with Gasteiger partial charge in [0.15, 0.2) is 0 Å². The summed E-state index contributed by atoms with van der Waals surface area (Å²) in [5.74, 6) is -0.164. The number of benzene rings is 1. The molecule has 0 aliphatic rings. The van der Waals surface area contributed by atoms with E-state index in [9.17, 15) is 4.79 Å². The van der Waals surface area contributed by atoms with E-state index in [0.29, 0.717) is 6.54 Å². The molecule has 14 heavy (non-hydrogen) atoms. The first kappa shape index (κ1) is 12.0. The van der Waals surface area contributed by atoms with E-state index in [-0.39, 0.29) is 11.8 Å². The van der Waals surface area contributed by atoms with Crippen LogP contribution in [0.15, 0.2) is 27.1 Å². The topological polar surface area (TPSA) is 29.1 Å². The second-order valence-electron chi connectivity index (χ2n) is 2.66. The van der Waals surface area contributed by atoms with Gasteiger partial charge in [-0.25, -0.2) is 0 Å². The summed E-state index contributed by atoms with van der Waals surface area (Å²) < 4.78 is 1.96. The minimum Gasteiger partial charge on any atom is -0.351 e. The Morgan fingerprint density at radius 3 is 2.64 bits per heavy atom. The van der Waals surface area contributed by atoms with E-state index in [1.165, 1.54) is 0 Å². The monoisotopic (exact) mass is 339 g/mol. The Hall–Kier alpha value is -0.0600. The number of halogens is 3. The van der Waals surface area contributed by atoms with Gasteiger partial charge in [-0.15, -0.1) is 11.6 Å². The van der Waals surface area contributed by atoms with E-state index < -0.39 is 0 Å². The molecule has 1 N–H and O–H groups in total. The minimum absolute atomic E-state index is 0.00228. The van der Waals surface area contributed by atoms with E-state index in [1.807, 2.05) is 18.2 Å². The van der Waals surface area contributed by atoms with Crippen molar-refractivity contribution in [2.45, 2.75) is 6.54 Å². The molecule has 0 saturated carbocycles. The predicted octanol–water partition coefficient (Wildman–Crippen LogP) is 3.07. The van der Waals surface area contributed by atoms with Crippen LogP contribution in [0.1, 0.15) is 5.56 Å². The molecular weight excluding hydrogens is 333 g/mol. The average Bonchev–Trinajstić information content (AvgIpc) is 2.19. The Kier molecular flexibility index (Phi) is 4.92. The van der Waals surface area contributed by atoms with Gasteiger partial charge in [0.1, 0.15) is 5.88 Å². The van der Waals surface area contributed by atoms with Crippen molar-refractivity contribution >= 4 is 49.4 Å². The standard InChI is InChI=1S/C9H8Br2ClNO/c10-7-2-1-6(3-8(7)11)5-13-9(14)4-12/h1-3H,4-5H2,(H,13,14). The molecule has 0 radical (unpaired) electrons. The molecule has 0 atom stereocenters. The van der Waals surface area contributed by atoms with Crippen molar-refractivity contribution in [2.24, 2.45) is 0 Å². The maximum atomic E-state index is 10.9. The van der Waals surface area contributed by atoms with Crippen molar-refractivity contribution in [3.8, 4) is 0 Å². The first-order valence-corrected chi connectivity index (χ1v) is 6.02. The highest BCUT2D eigenvalue weighted by molar-refractivity contribution is 9.13. The molecule has 0 aromatic heterocycles. The molecule has 1 amide bonds. The maximum Gasteiger partial charge on any atom is 0.235 e. The molecule has 0 spiro atoms. The minimum atomic E-state index is -0.161. The summed E-state index contributed by atoms with van der Waals surface area (Å²) in [4.78, 5) is 10.9. The van der Waals surface area contributed by atoms with E-state index >= 15 is 0 Å². The third-order valence-corrected chi connectivity index (χ3v) is 3.72. The third kappa shape index (κ3) is 3.59. The molecule has 1 rings (SSSR count). The second kappa shape index (κ2) is 5.73. The summed E-state index contributed by atoms with van der Waals surface area (Å²) in [7, 11) is 0. The largest absolute Gasteiger partial charge is 0.351 e. The zero-order valence-corrected chi connectivity index (χ0v) is 11.1. The van der Waals surface area contributed by atoms with Crippen molar-refractivity contribution < 1.29 is 4.79 Å². The fourth-order valence-electron chi connectivity index (χ4n) is 0.897. The fourth-order valence-corrected chi connectivity index (χ4v) is 1.66. The van der Waals surface area contributed by atoms with Crippen molar-refractivity contribution in [3.05, 3.63) is 32.7 Å². The van der Waals surface area contributed by atoms with Crippen LogP contribution in [0.5, 0.6) is 0 Å². The number of alkyl halides is 1. The molecule has 1 aromatic rings. The van der Waals surface area contributed by atoms with Crippen LogP contribution in [0.3, 0.4) is 0 Å². The SMILES string of the molecule is O=C(CCl)NCc1ccc(Br)c(Br)c1. The lowest BCUT2D eigenvalue weighted by molar-refractivity contribution is -0.118. The van der Waals surface area contributed by atoms with Crippen LogP contribution in [-0.4, -0.2) is 11.8 Å². The van der Waals surface area contributed by atoms with Gasteiger partial charge in [0.2, 0.25) is 5.91 Å². The van der Waals surface area contributed by atoms with Crippen LogP contribution in [0.25, 0.3) is 0 Å². The van der Waals surface area contributed by atoms with Gasteiger partial charge in [-0.2, -0.15) is 0 Å². The lowest BCUT2D eigenvalue weighted by atomic mass is 10.2. The van der Waals surface area contributed by atoms with Crippen molar-refractivity contribution in [1.82, 2.24) is 5.32 Å². The zero-order valence-electron chi connectivity index (χ0n) is 7.19. The average molecular weight is 341 g/mol. The molecule has 0 aliphatic carbocycles. The number of carbonyl (C=O) groups excluding carboxylic acids is 1. The van der Waals surface area contributed by atoms with Gasteiger partial charge in [-0.3, -0.25) is 4.79 Å². The van der Waals surface area contributed by atoms with Gasteiger partial charge in [-0.05, 0) is 49.6 Å². The van der Waals surface area contributed by atoms with Crippen LogP contribution in [0.4, 0.5) is 0 Å². The van der Waals surface area contributed by atoms with Gasteiger partial charge in [-0.1, -0.05) is 6.07 Å². The summed E-state index contributed by atoms with van der Waals surface area (Å²) in [6.45, 7) is 0.497. The van der Waals surface area contributed by atoms with Gasteiger partial charge in [0, 0.05) is 15.5 Å². The molecule has 0 aliphatic heterocycles. The molecule has 0 heterocycles. The van der Waals surface area contributed by atoms with Crippen molar-refractivity contribution in [2.75, 3.05) is 5.88 Å². The molecular formula is C9H8Br2ClNO. The summed E-state index contributed by atoms with van der Waals surface area (Å²) in [6, 6.07) is 5.80. The molecule has 1 aromatic carbocycles. The molecule has 2 nitrogen and oxygen atoms in total.